The number of unbranched alkanes of at least 4 members (excludes halogenated alkanes) is 7. The van der Waals surface area contributed by atoms with Crippen LogP contribution in [0.2, 0.25) is 0 Å². The summed E-state index contributed by atoms with van der Waals surface area (Å²) in [7, 11) is 0. The molecule has 1 aliphatic heterocycles. The summed E-state index contributed by atoms with van der Waals surface area (Å²) in [6.07, 6.45) is 24.0. The lowest BCUT2D eigenvalue weighted by Crippen LogP contribution is -2.12. The van der Waals surface area contributed by atoms with E-state index in [9.17, 15) is 0 Å². The molecular formula is C32H44S2. The molecule has 184 valence electrons. The average molecular weight is 493 g/mol. The van der Waals surface area contributed by atoms with Crippen molar-refractivity contribution in [3.63, 3.8) is 0 Å². The quantitative estimate of drug-likeness (QED) is 0.198. The third-order valence-electron chi connectivity index (χ3n) is 7.97. The number of thioether (sulfide) groups is 1. The van der Waals surface area contributed by atoms with E-state index in [1.165, 1.54) is 85.4 Å². The van der Waals surface area contributed by atoms with Crippen molar-refractivity contribution in [1.29, 1.82) is 0 Å². The van der Waals surface area contributed by atoms with Crippen LogP contribution < -0.4 is 0 Å². The number of benzene rings is 1. The fraction of sp³-hybridized carbons (Fsp3) is 0.562. The number of fused-ring (bicyclic) bond motifs is 3. The first-order valence-corrected chi connectivity index (χ1v) is 15.5. The van der Waals surface area contributed by atoms with Crippen LogP contribution in [-0.2, 0) is 0 Å². The minimum Gasteiger partial charge on any atom is -0.139 e. The van der Waals surface area contributed by atoms with Gasteiger partial charge in [-0.05, 0) is 48.3 Å². The Balaban J connectivity index is 1.32. The summed E-state index contributed by atoms with van der Waals surface area (Å²) in [6.45, 7) is 11.3. The van der Waals surface area contributed by atoms with Crippen LogP contribution in [0.4, 0.5) is 0 Å². The topological polar surface area (TPSA) is 0 Å². The average Bonchev–Trinajstić information content (AvgIpc) is 3.35. The van der Waals surface area contributed by atoms with Crippen LogP contribution in [0, 0.1) is 11.8 Å². The van der Waals surface area contributed by atoms with Crippen molar-refractivity contribution in [1.82, 2.24) is 0 Å². The van der Waals surface area contributed by atoms with E-state index < -0.39 is 0 Å². The molecule has 1 aliphatic carbocycles. The largest absolute Gasteiger partial charge is 0.139 e. The molecule has 0 radical (unpaired) electrons. The van der Waals surface area contributed by atoms with Gasteiger partial charge in [-0.1, -0.05) is 109 Å². The number of hydrogen-bond donors (Lipinski definition) is 0. The Kier molecular flexibility index (Phi) is 9.60. The van der Waals surface area contributed by atoms with Gasteiger partial charge in [-0.2, -0.15) is 0 Å². The van der Waals surface area contributed by atoms with Gasteiger partial charge in [0.05, 0.1) is 0 Å². The van der Waals surface area contributed by atoms with Crippen molar-refractivity contribution >= 4 is 38.8 Å². The minimum atomic E-state index is 0.615. The lowest BCUT2D eigenvalue weighted by Gasteiger charge is -2.21. The summed E-state index contributed by atoms with van der Waals surface area (Å²) < 4.78 is 1.47. The summed E-state index contributed by atoms with van der Waals surface area (Å²) in [5.41, 5.74) is 2.90. The van der Waals surface area contributed by atoms with Crippen LogP contribution in [-0.4, -0.2) is 5.25 Å². The number of hydrogen-bond acceptors (Lipinski definition) is 2. The van der Waals surface area contributed by atoms with Gasteiger partial charge in [-0.3, -0.25) is 0 Å². The third kappa shape index (κ3) is 6.11. The molecule has 0 fully saturated rings. The van der Waals surface area contributed by atoms with Gasteiger partial charge in [-0.25, -0.2) is 0 Å². The van der Waals surface area contributed by atoms with E-state index in [1.54, 1.807) is 9.77 Å². The van der Waals surface area contributed by atoms with Crippen molar-refractivity contribution in [3.8, 4) is 0 Å². The SMILES string of the molecule is C=C[C@@H](CCCCCCCCCC)CC1Sc2c(sc3cc(C4=CC=CCC4C)ccc23)[C@H]1C. The summed E-state index contributed by atoms with van der Waals surface area (Å²) in [4.78, 5) is 3.20. The molecule has 1 aromatic heterocycles. The van der Waals surface area contributed by atoms with E-state index in [-0.39, 0.29) is 0 Å². The van der Waals surface area contributed by atoms with Crippen LogP contribution in [0.15, 0.2) is 54.0 Å². The molecule has 0 spiro atoms. The van der Waals surface area contributed by atoms with Crippen molar-refractivity contribution in [3.05, 3.63) is 59.5 Å². The van der Waals surface area contributed by atoms with Crippen LogP contribution in [0.5, 0.6) is 0 Å². The monoisotopic (exact) mass is 492 g/mol. The molecule has 0 amide bonds. The van der Waals surface area contributed by atoms with Gasteiger partial charge in [0.1, 0.15) is 0 Å². The number of allylic oxidation sites excluding steroid dienone is 5. The van der Waals surface area contributed by atoms with Gasteiger partial charge < -0.3 is 0 Å². The highest BCUT2D eigenvalue weighted by molar-refractivity contribution is 8.00. The molecule has 2 aromatic rings. The zero-order valence-corrected chi connectivity index (χ0v) is 23.3. The molecule has 0 saturated carbocycles. The second-order valence-electron chi connectivity index (χ2n) is 10.6. The van der Waals surface area contributed by atoms with Crippen molar-refractivity contribution in [2.24, 2.45) is 11.8 Å². The van der Waals surface area contributed by atoms with Gasteiger partial charge in [0.15, 0.2) is 0 Å². The highest BCUT2D eigenvalue weighted by Gasteiger charge is 2.34. The maximum atomic E-state index is 4.21. The molecule has 34 heavy (non-hydrogen) atoms. The Morgan fingerprint density at radius 3 is 2.56 bits per heavy atom. The second-order valence-corrected chi connectivity index (χ2v) is 13.0. The highest BCUT2D eigenvalue weighted by atomic mass is 32.2. The molecule has 2 heterocycles. The first kappa shape index (κ1) is 25.8. The predicted octanol–water partition coefficient (Wildman–Crippen LogP) is 11.2. The maximum Gasteiger partial charge on any atom is 0.0363 e. The summed E-state index contributed by atoms with van der Waals surface area (Å²) in [5.74, 6) is 1.93. The summed E-state index contributed by atoms with van der Waals surface area (Å²) >= 11 is 4.21. The molecule has 0 bridgehead atoms. The van der Waals surface area contributed by atoms with Crippen LogP contribution in [0.25, 0.3) is 15.7 Å². The molecule has 2 unspecified atom stereocenters. The standard InChI is InChI=1S/C32H44S2/c1-5-7-8-9-10-11-12-13-17-25(6-2)21-29-24(4)31-32(33-29)28-20-19-26(22-30(28)34-31)27-18-15-14-16-23(27)3/h6,14-15,18-20,22-25,29H,2,5,7-13,16-17,21H2,1,3-4H3/t23?,24-,25-,29?/m0/s1. The lowest BCUT2D eigenvalue weighted by molar-refractivity contribution is 0.473. The van der Waals surface area contributed by atoms with E-state index >= 15 is 0 Å². The fourth-order valence-electron chi connectivity index (χ4n) is 5.66. The smallest absolute Gasteiger partial charge is 0.0363 e. The third-order valence-corrected chi connectivity index (χ3v) is 11.0. The predicted molar refractivity (Wildman–Crippen MR) is 156 cm³/mol. The van der Waals surface area contributed by atoms with Gasteiger partial charge in [-0.15, -0.1) is 29.7 Å². The van der Waals surface area contributed by atoms with E-state index in [0.29, 0.717) is 23.0 Å². The lowest BCUT2D eigenvalue weighted by atomic mass is 9.88. The first-order chi connectivity index (χ1) is 16.6. The summed E-state index contributed by atoms with van der Waals surface area (Å²) in [5, 5.41) is 2.19. The van der Waals surface area contributed by atoms with Crippen LogP contribution in [0.3, 0.4) is 0 Å². The Morgan fingerprint density at radius 1 is 1.06 bits per heavy atom. The van der Waals surface area contributed by atoms with E-state index in [0.717, 1.165) is 6.42 Å². The van der Waals surface area contributed by atoms with Crippen LogP contribution >= 0.6 is 23.1 Å². The highest BCUT2D eigenvalue weighted by Crippen LogP contribution is 2.55. The van der Waals surface area contributed by atoms with Gasteiger partial charge >= 0.3 is 0 Å². The van der Waals surface area contributed by atoms with Gasteiger partial charge in [0.25, 0.3) is 0 Å². The fourth-order valence-corrected chi connectivity index (χ4v) is 8.93. The zero-order valence-electron chi connectivity index (χ0n) is 21.7. The van der Waals surface area contributed by atoms with Crippen molar-refractivity contribution < 1.29 is 0 Å². The second kappa shape index (κ2) is 12.6. The Morgan fingerprint density at radius 2 is 1.82 bits per heavy atom. The molecule has 0 N–H and O–H groups in total. The van der Waals surface area contributed by atoms with Gasteiger partial charge in [0.2, 0.25) is 0 Å². The molecule has 1 aromatic carbocycles. The molecule has 2 aliphatic rings. The van der Waals surface area contributed by atoms with Crippen LogP contribution in [0.1, 0.15) is 108 Å². The van der Waals surface area contributed by atoms with Gasteiger partial charge in [0, 0.05) is 31.0 Å². The van der Waals surface area contributed by atoms with E-state index in [2.05, 4.69) is 93.0 Å². The molecule has 0 nitrogen and oxygen atoms in total. The molecule has 2 heteroatoms. The van der Waals surface area contributed by atoms with E-state index in [1.807, 2.05) is 0 Å². The Labute approximate surface area is 217 Å². The first-order valence-electron chi connectivity index (χ1n) is 13.8. The van der Waals surface area contributed by atoms with Crippen molar-refractivity contribution in [2.75, 3.05) is 0 Å². The number of rotatable bonds is 13. The minimum absolute atomic E-state index is 0.615. The van der Waals surface area contributed by atoms with E-state index in [4.69, 9.17) is 0 Å². The van der Waals surface area contributed by atoms with Crippen molar-refractivity contribution in [2.45, 2.75) is 107 Å². The Bertz CT molecular complexity index is 1010. The maximum absolute atomic E-state index is 4.21. The molecule has 0 saturated heterocycles. The number of thiophene rings is 1. The molecule has 4 atom stereocenters. The molecule has 4 rings (SSSR count). The zero-order chi connectivity index (χ0) is 23.9. The normalized spacial score (nSPS) is 22.7. The summed E-state index contributed by atoms with van der Waals surface area (Å²) in [6, 6.07) is 7.22. The Hall–Kier alpha value is -1.25. The molecular weight excluding hydrogens is 448 g/mol.